The zero-order chi connectivity index (χ0) is 19.1. The Labute approximate surface area is 158 Å². The highest BCUT2D eigenvalue weighted by Crippen LogP contribution is 2.43. The molecule has 140 valence electrons. The smallest absolute Gasteiger partial charge is 0.242 e. The van der Waals surface area contributed by atoms with Gasteiger partial charge in [0.05, 0.1) is 11.4 Å². The molecular formula is C21H22N2O3S. The molecule has 1 amide bonds. The van der Waals surface area contributed by atoms with Crippen molar-refractivity contribution in [2.24, 2.45) is 0 Å². The van der Waals surface area contributed by atoms with Crippen molar-refractivity contribution in [3.8, 4) is 0 Å². The van der Waals surface area contributed by atoms with Gasteiger partial charge in [-0.05, 0) is 55.8 Å². The molecule has 4 rings (SSSR count). The Bertz CT molecular complexity index is 1060. The van der Waals surface area contributed by atoms with E-state index in [1.165, 1.54) is 0 Å². The number of fused-ring (bicyclic) bond motifs is 1. The van der Waals surface area contributed by atoms with Crippen LogP contribution in [0.2, 0.25) is 0 Å². The van der Waals surface area contributed by atoms with Crippen molar-refractivity contribution in [3.05, 3.63) is 65.9 Å². The molecule has 0 unspecified atom stereocenters. The standard InChI is InChI=1S/C21H22N2O3S/c1-15-7-9-18(10-8-15)27(25,26)21(11-4-12-21)20(24)22-14-17-13-16-5-2-3-6-19(16)23-17/h2-3,5-10,13,23H,4,11-12,14H2,1H3,(H,22,24). The van der Waals surface area contributed by atoms with Crippen LogP contribution in [-0.2, 0) is 21.2 Å². The van der Waals surface area contributed by atoms with E-state index >= 15 is 0 Å². The van der Waals surface area contributed by atoms with Crippen molar-refractivity contribution in [3.63, 3.8) is 0 Å². The zero-order valence-corrected chi connectivity index (χ0v) is 16.0. The van der Waals surface area contributed by atoms with Gasteiger partial charge in [-0.1, -0.05) is 35.9 Å². The highest BCUT2D eigenvalue weighted by molar-refractivity contribution is 7.93. The molecule has 2 aromatic carbocycles. The number of aromatic amines is 1. The average Bonchev–Trinajstić information content (AvgIpc) is 3.02. The normalized spacial score (nSPS) is 16.0. The number of H-pyrrole nitrogens is 1. The first-order chi connectivity index (χ1) is 12.9. The van der Waals surface area contributed by atoms with Gasteiger partial charge in [-0.2, -0.15) is 0 Å². The van der Waals surface area contributed by atoms with E-state index in [0.717, 1.165) is 28.6 Å². The van der Waals surface area contributed by atoms with Gasteiger partial charge in [0.2, 0.25) is 5.91 Å². The maximum Gasteiger partial charge on any atom is 0.242 e. The van der Waals surface area contributed by atoms with Gasteiger partial charge in [-0.15, -0.1) is 0 Å². The van der Waals surface area contributed by atoms with Crippen LogP contribution in [0.5, 0.6) is 0 Å². The first kappa shape index (κ1) is 17.8. The van der Waals surface area contributed by atoms with Crippen molar-refractivity contribution >= 4 is 26.6 Å². The molecule has 1 aliphatic rings. The monoisotopic (exact) mass is 382 g/mol. The lowest BCUT2D eigenvalue weighted by Gasteiger charge is -2.39. The summed E-state index contributed by atoms with van der Waals surface area (Å²) >= 11 is 0. The van der Waals surface area contributed by atoms with Crippen LogP contribution >= 0.6 is 0 Å². The molecule has 0 spiro atoms. The summed E-state index contributed by atoms with van der Waals surface area (Å²) in [5.74, 6) is -0.409. The molecule has 3 aromatic rings. The molecule has 0 bridgehead atoms. The number of amides is 1. The van der Waals surface area contributed by atoms with E-state index < -0.39 is 20.5 Å². The lowest BCUT2D eigenvalue weighted by molar-refractivity contribution is -0.125. The molecule has 6 heteroatoms. The molecule has 2 N–H and O–H groups in total. The van der Waals surface area contributed by atoms with E-state index in [2.05, 4.69) is 10.3 Å². The van der Waals surface area contributed by atoms with E-state index in [9.17, 15) is 13.2 Å². The summed E-state index contributed by atoms with van der Waals surface area (Å²) in [6, 6.07) is 16.5. The fourth-order valence-electron chi connectivity index (χ4n) is 3.62. The number of nitrogens with one attached hydrogen (secondary N) is 2. The van der Waals surface area contributed by atoms with Gasteiger partial charge in [0.25, 0.3) is 0 Å². The summed E-state index contributed by atoms with van der Waals surface area (Å²) in [6.07, 6.45) is 1.47. The summed E-state index contributed by atoms with van der Waals surface area (Å²) in [5, 5.41) is 3.90. The fraction of sp³-hybridized carbons (Fsp3) is 0.286. The molecular weight excluding hydrogens is 360 g/mol. The maximum absolute atomic E-state index is 13.2. The Hall–Kier alpha value is -2.60. The number of aromatic nitrogens is 1. The topological polar surface area (TPSA) is 79.0 Å². The minimum Gasteiger partial charge on any atom is -0.357 e. The van der Waals surface area contributed by atoms with Crippen molar-refractivity contribution in [2.75, 3.05) is 0 Å². The number of para-hydroxylation sites is 1. The molecule has 1 aliphatic carbocycles. The van der Waals surface area contributed by atoms with Gasteiger partial charge in [0.15, 0.2) is 14.6 Å². The van der Waals surface area contributed by atoms with Crippen LogP contribution in [0.4, 0.5) is 0 Å². The zero-order valence-electron chi connectivity index (χ0n) is 15.2. The Kier molecular flexibility index (Phi) is 4.30. The predicted molar refractivity (Wildman–Crippen MR) is 105 cm³/mol. The summed E-state index contributed by atoms with van der Waals surface area (Å²) < 4.78 is 25.0. The Balaban J connectivity index is 1.56. The quantitative estimate of drug-likeness (QED) is 0.709. The minimum absolute atomic E-state index is 0.216. The van der Waals surface area contributed by atoms with E-state index in [0.29, 0.717) is 12.8 Å². The third kappa shape index (κ3) is 2.94. The highest BCUT2D eigenvalue weighted by Gasteiger charge is 2.55. The lowest BCUT2D eigenvalue weighted by Crippen LogP contribution is -2.56. The number of aryl methyl sites for hydroxylation is 1. The number of sulfone groups is 1. The molecule has 1 saturated carbocycles. The summed E-state index contributed by atoms with van der Waals surface area (Å²) in [6.45, 7) is 2.18. The lowest BCUT2D eigenvalue weighted by atomic mass is 9.83. The third-order valence-electron chi connectivity index (χ3n) is 5.45. The Morgan fingerprint density at radius 3 is 2.44 bits per heavy atom. The predicted octanol–water partition coefficient (Wildman–Crippen LogP) is 3.49. The number of hydrogen-bond donors (Lipinski definition) is 2. The van der Waals surface area contributed by atoms with E-state index in [1.54, 1.807) is 24.3 Å². The van der Waals surface area contributed by atoms with Crippen LogP contribution in [0, 0.1) is 6.92 Å². The van der Waals surface area contributed by atoms with Crippen LogP contribution in [0.1, 0.15) is 30.5 Å². The van der Waals surface area contributed by atoms with E-state index in [-0.39, 0.29) is 11.4 Å². The molecule has 0 aliphatic heterocycles. The molecule has 5 nitrogen and oxygen atoms in total. The second kappa shape index (κ2) is 6.53. The molecule has 1 heterocycles. The summed E-state index contributed by atoms with van der Waals surface area (Å²) in [4.78, 5) is 16.4. The second-order valence-electron chi connectivity index (χ2n) is 7.23. The average molecular weight is 382 g/mol. The Morgan fingerprint density at radius 2 is 1.81 bits per heavy atom. The molecule has 1 fully saturated rings. The highest BCUT2D eigenvalue weighted by atomic mass is 32.2. The fourth-order valence-corrected chi connectivity index (χ4v) is 5.71. The van der Waals surface area contributed by atoms with Crippen molar-refractivity contribution in [1.29, 1.82) is 0 Å². The second-order valence-corrected chi connectivity index (χ2v) is 9.49. The number of hydrogen-bond acceptors (Lipinski definition) is 3. The van der Waals surface area contributed by atoms with Crippen molar-refractivity contribution in [1.82, 2.24) is 10.3 Å². The SMILES string of the molecule is Cc1ccc(S(=O)(=O)C2(C(=O)NCc3cc4ccccc4[nH]3)CCC2)cc1. The summed E-state index contributed by atoms with van der Waals surface area (Å²) in [7, 11) is -3.73. The van der Waals surface area contributed by atoms with Gasteiger partial charge in [-0.25, -0.2) is 8.42 Å². The van der Waals surface area contributed by atoms with Crippen LogP contribution in [0.15, 0.2) is 59.5 Å². The number of carbonyl (C=O) groups is 1. The molecule has 0 radical (unpaired) electrons. The third-order valence-corrected chi connectivity index (χ3v) is 7.96. The molecule has 1 aromatic heterocycles. The van der Waals surface area contributed by atoms with Gasteiger partial charge in [-0.3, -0.25) is 4.79 Å². The first-order valence-corrected chi connectivity index (χ1v) is 10.6. The van der Waals surface area contributed by atoms with Gasteiger partial charge >= 0.3 is 0 Å². The Morgan fingerprint density at radius 1 is 1.11 bits per heavy atom. The van der Waals surface area contributed by atoms with Gasteiger partial charge in [0, 0.05) is 11.2 Å². The van der Waals surface area contributed by atoms with E-state index in [1.807, 2.05) is 37.3 Å². The van der Waals surface area contributed by atoms with Crippen molar-refractivity contribution in [2.45, 2.75) is 42.4 Å². The van der Waals surface area contributed by atoms with Gasteiger partial charge < -0.3 is 10.3 Å². The molecule has 27 heavy (non-hydrogen) atoms. The number of rotatable bonds is 5. The van der Waals surface area contributed by atoms with Crippen LogP contribution < -0.4 is 5.32 Å². The van der Waals surface area contributed by atoms with Crippen molar-refractivity contribution < 1.29 is 13.2 Å². The molecule has 0 saturated heterocycles. The number of benzene rings is 2. The summed E-state index contributed by atoms with van der Waals surface area (Å²) in [5.41, 5.74) is 2.83. The largest absolute Gasteiger partial charge is 0.357 e. The van der Waals surface area contributed by atoms with E-state index in [4.69, 9.17) is 0 Å². The maximum atomic E-state index is 13.2. The minimum atomic E-state index is -3.73. The van der Waals surface area contributed by atoms with Crippen LogP contribution in [0.25, 0.3) is 10.9 Å². The number of carbonyl (C=O) groups excluding carboxylic acids is 1. The first-order valence-electron chi connectivity index (χ1n) is 9.09. The van der Waals surface area contributed by atoms with Gasteiger partial charge in [0.1, 0.15) is 0 Å². The van der Waals surface area contributed by atoms with Crippen LogP contribution in [0.3, 0.4) is 0 Å². The molecule has 0 atom stereocenters. The van der Waals surface area contributed by atoms with Crippen LogP contribution in [-0.4, -0.2) is 24.1 Å².